The van der Waals surface area contributed by atoms with Crippen LogP contribution in [0.4, 0.5) is 31.1 Å². The van der Waals surface area contributed by atoms with Gasteiger partial charge in [-0.15, -0.1) is 0 Å². The SMILES string of the molecule is CCOC(=O)C[C@]1(n2cn[nH]c2=O)CC[C@@](CO[C@H](C)c2cc(C(F)(F)F)cc(C(F)(F)F)c2)(c2ccccc2)N(C(=O)OCc2ccccc2)C1. The molecule has 1 saturated heterocycles. The second-order valence-electron chi connectivity index (χ2n) is 12.6. The zero-order valence-electron chi connectivity index (χ0n) is 28.2. The summed E-state index contributed by atoms with van der Waals surface area (Å²) in [4.78, 5) is 41.7. The van der Waals surface area contributed by atoms with Gasteiger partial charge in [-0.25, -0.2) is 14.7 Å². The van der Waals surface area contributed by atoms with Gasteiger partial charge >= 0.3 is 30.1 Å². The number of H-pyrrole nitrogens is 1. The fourth-order valence-corrected chi connectivity index (χ4v) is 6.48. The maximum Gasteiger partial charge on any atom is 0.416 e. The van der Waals surface area contributed by atoms with Crippen molar-refractivity contribution in [3.63, 3.8) is 0 Å². The van der Waals surface area contributed by atoms with Gasteiger partial charge in [-0.05, 0) is 61.6 Å². The van der Waals surface area contributed by atoms with Crippen molar-refractivity contribution in [3.8, 4) is 0 Å². The fraction of sp³-hybridized carbons (Fsp3) is 0.389. The van der Waals surface area contributed by atoms with E-state index in [-0.39, 0.29) is 50.7 Å². The van der Waals surface area contributed by atoms with E-state index in [0.717, 1.165) is 0 Å². The first-order valence-electron chi connectivity index (χ1n) is 16.3. The molecule has 5 rings (SSSR count). The Morgan fingerprint density at radius 1 is 0.904 bits per heavy atom. The van der Waals surface area contributed by atoms with E-state index >= 15 is 0 Å². The van der Waals surface area contributed by atoms with Gasteiger partial charge in [0.05, 0.1) is 47.9 Å². The van der Waals surface area contributed by atoms with Gasteiger partial charge in [0.1, 0.15) is 12.9 Å². The molecule has 52 heavy (non-hydrogen) atoms. The first kappa shape index (κ1) is 38.1. The molecule has 3 atom stereocenters. The molecule has 0 spiro atoms. The van der Waals surface area contributed by atoms with Crippen LogP contribution >= 0.6 is 0 Å². The summed E-state index contributed by atoms with van der Waals surface area (Å²) >= 11 is 0. The number of carbonyl (C=O) groups excluding carboxylic acids is 2. The molecule has 10 nitrogen and oxygen atoms in total. The van der Waals surface area contributed by atoms with Crippen LogP contribution in [-0.4, -0.2) is 51.5 Å². The predicted molar refractivity (Wildman–Crippen MR) is 174 cm³/mol. The summed E-state index contributed by atoms with van der Waals surface area (Å²) in [6.45, 7) is 2.05. The average Bonchev–Trinajstić information content (AvgIpc) is 3.56. The van der Waals surface area contributed by atoms with E-state index in [4.69, 9.17) is 14.2 Å². The van der Waals surface area contributed by atoms with Crippen molar-refractivity contribution >= 4 is 12.1 Å². The Kier molecular flexibility index (Phi) is 11.2. The first-order chi connectivity index (χ1) is 24.6. The molecule has 0 radical (unpaired) electrons. The summed E-state index contributed by atoms with van der Waals surface area (Å²) in [5.74, 6) is -0.657. The van der Waals surface area contributed by atoms with Gasteiger partial charge in [0, 0.05) is 6.54 Å². The number of ether oxygens (including phenoxy) is 3. The third-order valence-corrected chi connectivity index (χ3v) is 9.20. The molecule has 0 aliphatic carbocycles. The highest BCUT2D eigenvalue weighted by molar-refractivity contribution is 5.72. The quantitative estimate of drug-likeness (QED) is 0.127. The Balaban J connectivity index is 1.59. The maximum absolute atomic E-state index is 14.3. The minimum atomic E-state index is -5.07. The molecule has 1 N–H and O–H groups in total. The van der Waals surface area contributed by atoms with Crippen molar-refractivity contribution in [2.75, 3.05) is 19.8 Å². The van der Waals surface area contributed by atoms with Gasteiger partial charge in [0.2, 0.25) is 0 Å². The van der Waals surface area contributed by atoms with Crippen LogP contribution in [0, 0.1) is 0 Å². The Morgan fingerprint density at radius 3 is 2.08 bits per heavy atom. The number of benzene rings is 3. The van der Waals surface area contributed by atoms with Crippen LogP contribution in [0.3, 0.4) is 0 Å². The Hall–Kier alpha value is -5.12. The van der Waals surface area contributed by atoms with Crippen LogP contribution in [0.2, 0.25) is 0 Å². The number of halogens is 6. The summed E-state index contributed by atoms with van der Waals surface area (Å²) in [5.41, 5.74) is -5.75. The van der Waals surface area contributed by atoms with Crippen LogP contribution in [0.15, 0.2) is 90.0 Å². The van der Waals surface area contributed by atoms with E-state index in [9.17, 15) is 40.7 Å². The summed E-state index contributed by atoms with van der Waals surface area (Å²) in [6, 6.07) is 18.5. The van der Waals surface area contributed by atoms with Crippen molar-refractivity contribution in [2.45, 2.75) is 69.3 Å². The van der Waals surface area contributed by atoms with Crippen molar-refractivity contribution < 1.29 is 50.1 Å². The third-order valence-electron chi connectivity index (χ3n) is 9.20. The van der Waals surface area contributed by atoms with Crippen molar-refractivity contribution in [1.29, 1.82) is 0 Å². The van der Waals surface area contributed by atoms with E-state index in [0.29, 0.717) is 23.3 Å². The zero-order valence-corrected chi connectivity index (χ0v) is 28.2. The Bertz CT molecular complexity index is 1870. The number of rotatable bonds is 11. The normalized spacial score (nSPS) is 20.0. The minimum Gasteiger partial charge on any atom is -0.466 e. The van der Waals surface area contributed by atoms with E-state index in [1.54, 1.807) is 67.6 Å². The molecule has 0 unspecified atom stereocenters. The molecule has 278 valence electrons. The molecule has 3 aromatic carbocycles. The number of alkyl halides is 6. The lowest BCUT2D eigenvalue weighted by Gasteiger charge is -2.53. The average molecular weight is 735 g/mol. The van der Waals surface area contributed by atoms with Gasteiger partial charge < -0.3 is 14.2 Å². The molecule has 2 heterocycles. The highest BCUT2D eigenvalue weighted by Crippen LogP contribution is 2.46. The number of likely N-dealkylation sites (tertiary alicyclic amines) is 1. The van der Waals surface area contributed by atoms with Gasteiger partial charge in [-0.2, -0.15) is 31.4 Å². The number of nitrogens with one attached hydrogen (secondary N) is 1. The monoisotopic (exact) mass is 734 g/mol. The molecule has 1 fully saturated rings. The molecule has 0 saturated carbocycles. The first-order valence-corrected chi connectivity index (χ1v) is 16.3. The van der Waals surface area contributed by atoms with Crippen molar-refractivity contribution in [1.82, 2.24) is 19.7 Å². The molecular weight excluding hydrogens is 698 g/mol. The lowest BCUT2D eigenvalue weighted by atomic mass is 9.73. The number of aromatic amines is 1. The molecule has 16 heteroatoms. The fourth-order valence-electron chi connectivity index (χ4n) is 6.48. The van der Waals surface area contributed by atoms with E-state index < -0.39 is 65.0 Å². The van der Waals surface area contributed by atoms with Crippen LogP contribution in [-0.2, 0) is 49.0 Å². The third kappa shape index (κ3) is 8.33. The topological polar surface area (TPSA) is 116 Å². The highest BCUT2D eigenvalue weighted by atomic mass is 19.4. The largest absolute Gasteiger partial charge is 0.466 e. The predicted octanol–water partition coefficient (Wildman–Crippen LogP) is 7.36. The Morgan fingerprint density at radius 2 is 1.52 bits per heavy atom. The van der Waals surface area contributed by atoms with E-state index in [1.165, 1.54) is 22.7 Å². The van der Waals surface area contributed by atoms with Gasteiger partial charge in [0.15, 0.2) is 0 Å². The summed E-state index contributed by atoms with van der Waals surface area (Å²) < 4.78 is 101. The van der Waals surface area contributed by atoms with Crippen LogP contribution in [0.25, 0.3) is 0 Å². The molecule has 4 aromatic rings. The maximum atomic E-state index is 14.3. The molecule has 1 aliphatic rings. The van der Waals surface area contributed by atoms with Gasteiger partial charge in [-0.1, -0.05) is 60.7 Å². The van der Waals surface area contributed by atoms with Crippen LogP contribution in [0.5, 0.6) is 0 Å². The standard InChI is InChI=1S/C36H36F6N4O6/c1-3-50-30(47)19-33(46-23-43-44-31(46)48)14-15-34(27-12-8-5-9-13-27,45(21-33)32(49)51-20-25-10-6-4-7-11-25)22-52-24(2)26-16-28(35(37,38)39)18-29(17-26)36(40,41)42/h4-13,16-18,23-24H,3,14-15,19-22H2,1-2H3,(H,44,48)/t24-,33-,34-/m1/s1. The van der Waals surface area contributed by atoms with Crippen molar-refractivity contribution in [3.05, 3.63) is 123 Å². The van der Waals surface area contributed by atoms with Crippen LogP contribution in [0.1, 0.15) is 67.0 Å². The Labute approximate surface area is 294 Å². The van der Waals surface area contributed by atoms with Crippen LogP contribution < -0.4 is 5.69 Å². The smallest absolute Gasteiger partial charge is 0.416 e. The molecular formula is C36H36F6N4O6. The number of esters is 1. The molecule has 1 amide bonds. The number of hydrogen-bond donors (Lipinski definition) is 1. The molecule has 1 aliphatic heterocycles. The van der Waals surface area contributed by atoms with E-state index in [1.807, 2.05) is 0 Å². The van der Waals surface area contributed by atoms with E-state index in [2.05, 4.69) is 10.2 Å². The molecule has 0 bridgehead atoms. The number of aromatic nitrogens is 3. The van der Waals surface area contributed by atoms with Crippen molar-refractivity contribution in [2.24, 2.45) is 0 Å². The summed E-state index contributed by atoms with van der Waals surface area (Å²) in [7, 11) is 0. The summed E-state index contributed by atoms with van der Waals surface area (Å²) in [6.07, 6.45) is -11.4. The van der Waals surface area contributed by atoms with Gasteiger partial charge in [0.25, 0.3) is 0 Å². The number of piperidine rings is 1. The lowest BCUT2D eigenvalue weighted by molar-refractivity contribution is -0.148. The highest BCUT2D eigenvalue weighted by Gasteiger charge is 2.54. The second-order valence-corrected chi connectivity index (χ2v) is 12.6. The number of amides is 1. The van der Waals surface area contributed by atoms with Gasteiger partial charge in [-0.3, -0.25) is 14.3 Å². The number of carbonyl (C=O) groups is 2. The second kappa shape index (κ2) is 15.2. The lowest BCUT2D eigenvalue weighted by Crippen LogP contribution is -2.64. The zero-order chi connectivity index (χ0) is 37.7. The number of nitrogens with zero attached hydrogens (tertiary/aromatic N) is 3. The molecule has 1 aromatic heterocycles. The number of hydrogen-bond acceptors (Lipinski definition) is 7. The minimum absolute atomic E-state index is 0.00239. The summed E-state index contributed by atoms with van der Waals surface area (Å²) in [5, 5.41) is 6.14.